The Kier molecular flexibility index (Phi) is 5.78. The first kappa shape index (κ1) is 21.9. The van der Waals surface area contributed by atoms with Gasteiger partial charge in [0.15, 0.2) is 0 Å². The molecule has 0 aliphatic heterocycles. The van der Waals surface area contributed by atoms with Crippen LogP contribution >= 0.6 is 0 Å². The lowest BCUT2D eigenvalue weighted by molar-refractivity contribution is -0.274. The minimum atomic E-state index is -4.84. The van der Waals surface area contributed by atoms with Crippen LogP contribution in [0.15, 0.2) is 47.4 Å². The summed E-state index contributed by atoms with van der Waals surface area (Å²) in [6.07, 6.45) is -3.39. The van der Waals surface area contributed by atoms with Crippen LogP contribution < -0.4 is 10.4 Å². The second kappa shape index (κ2) is 8.17. The Balaban J connectivity index is 1.94. The molecule has 0 unspecified atom stereocenters. The van der Waals surface area contributed by atoms with Crippen molar-refractivity contribution in [3.05, 3.63) is 70.0 Å². The topological polar surface area (TPSA) is 89.6 Å². The highest BCUT2D eigenvalue weighted by molar-refractivity contribution is 5.92. The molecule has 164 valence electrons. The fourth-order valence-corrected chi connectivity index (χ4v) is 2.95. The number of ether oxygens (including phenoxy) is 1. The lowest BCUT2D eigenvalue weighted by Gasteiger charge is -2.10. The molecule has 2 aromatic heterocycles. The Hall–Kier alpha value is -3.76. The molecule has 0 radical (unpaired) electrons. The van der Waals surface area contributed by atoms with Gasteiger partial charge in [0.05, 0.1) is 17.9 Å². The van der Waals surface area contributed by atoms with E-state index in [1.807, 2.05) is 0 Å². The van der Waals surface area contributed by atoms with Crippen LogP contribution in [-0.2, 0) is 6.54 Å². The predicted octanol–water partition coefficient (Wildman–Crippen LogP) is 2.70. The maximum Gasteiger partial charge on any atom is 0.573 e. The van der Waals surface area contributed by atoms with Gasteiger partial charge in [-0.1, -0.05) is 0 Å². The van der Waals surface area contributed by atoms with Gasteiger partial charge in [-0.2, -0.15) is 0 Å². The van der Waals surface area contributed by atoms with Gasteiger partial charge in [0.1, 0.15) is 11.4 Å². The van der Waals surface area contributed by atoms with E-state index >= 15 is 0 Å². The number of imidazole rings is 1. The smallest absolute Gasteiger partial charge is 0.493 e. The SMILES string of the molecule is Cc1c(O)n(-c2ccc(OC(F)(F)F)cc2)c(=O)n1Cc1ccnc(C(=O)N(C)C)c1. The Morgan fingerprint density at radius 3 is 2.42 bits per heavy atom. The molecule has 8 nitrogen and oxygen atoms in total. The zero-order valence-electron chi connectivity index (χ0n) is 16.8. The van der Waals surface area contributed by atoms with Crippen molar-refractivity contribution >= 4 is 5.91 Å². The van der Waals surface area contributed by atoms with Gasteiger partial charge in [0.2, 0.25) is 5.88 Å². The molecule has 0 spiro atoms. The average molecular weight is 436 g/mol. The maximum absolute atomic E-state index is 12.9. The van der Waals surface area contributed by atoms with Gasteiger partial charge in [0.25, 0.3) is 5.91 Å². The van der Waals surface area contributed by atoms with E-state index in [2.05, 4.69) is 9.72 Å². The summed E-state index contributed by atoms with van der Waals surface area (Å²) in [5.74, 6) is -1.10. The minimum absolute atomic E-state index is 0.0523. The van der Waals surface area contributed by atoms with Crippen molar-refractivity contribution in [2.75, 3.05) is 14.1 Å². The second-order valence-corrected chi connectivity index (χ2v) is 6.90. The van der Waals surface area contributed by atoms with Crippen molar-refractivity contribution in [3.8, 4) is 17.3 Å². The van der Waals surface area contributed by atoms with Crippen LogP contribution in [0.4, 0.5) is 13.2 Å². The molecule has 3 aromatic rings. The van der Waals surface area contributed by atoms with E-state index in [4.69, 9.17) is 0 Å². The van der Waals surface area contributed by atoms with Crippen molar-refractivity contribution in [2.45, 2.75) is 19.8 Å². The van der Waals surface area contributed by atoms with E-state index in [1.165, 1.54) is 34.7 Å². The van der Waals surface area contributed by atoms with Crippen molar-refractivity contribution in [1.82, 2.24) is 19.0 Å². The molecule has 0 saturated carbocycles. The lowest BCUT2D eigenvalue weighted by atomic mass is 10.2. The van der Waals surface area contributed by atoms with E-state index in [0.717, 1.165) is 16.7 Å². The summed E-state index contributed by atoms with van der Waals surface area (Å²) in [5.41, 5.74) is 0.625. The highest BCUT2D eigenvalue weighted by Gasteiger charge is 2.31. The van der Waals surface area contributed by atoms with Crippen LogP contribution in [0.3, 0.4) is 0 Å². The van der Waals surface area contributed by atoms with E-state index in [0.29, 0.717) is 5.56 Å². The first-order chi connectivity index (χ1) is 14.5. The quantitative estimate of drug-likeness (QED) is 0.664. The molecule has 1 N–H and O–H groups in total. The number of carbonyl (C=O) groups excluding carboxylic acids is 1. The van der Waals surface area contributed by atoms with Gasteiger partial charge in [-0.3, -0.25) is 14.3 Å². The maximum atomic E-state index is 12.9. The number of rotatable bonds is 5. The highest BCUT2D eigenvalue weighted by Crippen LogP contribution is 2.26. The molecule has 0 atom stereocenters. The standard InChI is InChI=1S/C20H19F3N4O4/c1-12-17(28)27(14-4-6-15(7-5-14)31-20(21,22)23)19(30)26(12)11-13-8-9-24-16(10-13)18(29)25(2)3/h4-10,28H,11H2,1-3H3. The molecule has 31 heavy (non-hydrogen) atoms. The summed E-state index contributed by atoms with van der Waals surface area (Å²) < 4.78 is 43.1. The summed E-state index contributed by atoms with van der Waals surface area (Å²) >= 11 is 0. The summed E-state index contributed by atoms with van der Waals surface area (Å²) in [7, 11) is 3.18. The number of halogens is 3. The van der Waals surface area contributed by atoms with Gasteiger partial charge in [-0.05, 0) is 48.9 Å². The van der Waals surface area contributed by atoms with E-state index in [9.17, 15) is 27.9 Å². The molecule has 0 aliphatic rings. The molecule has 0 aliphatic carbocycles. The molecule has 1 aromatic carbocycles. The number of alkyl halides is 3. The van der Waals surface area contributed by atoms with E-state index in [-0.39, 0.29) is 35.4 Å². The number of aromatic nitrogens is 3. The van der Waals surface area contributed by atoms with Crippen LogP contribution in [0.2, 0.25) is 0 Å². The normalized spacial score (nSPS) is 11.4. The predicted molar refractivity (Wildman–Crippen MR) is 104 cm³/mol. The molecular formula is C20H19F3N4O4. The van der Waals surface area contributed by atoms with Crippen molar-refractivity contribution < 1.29 is 27.8 Å². The molecule has 0 bridgehead atoms. The summed E-state index contributed by atoms with van der Waals surface area (Å²) in [6, 6.07) is 7.73. The largest absolute Gasteiger partial charge is 0.573 e. The van der Waals surface area contributed by atoms with Crippen LogP contribution in [0.1, 0.15) is 21.7 Å². The van der Waals surface area contributed by atoms with Crippen LogP contribution in [0, 0.1) is 6.92 Å². The number of amides is 1. The molecule has 0 fully saturated rings. The summed E-state index contributed by atoms with van der Waals surface area (Å²) in [5, 5.41) is 10.5. The first-order valence-electron chi connectivity index (χ1n) is 9.02. The van der Waals surface area contributed by atoms with Gasteiger partial charge < -0.3 is 14.7 Å². The average Bonchev–Trinajstić information content (AvgIpc) is 2.90. The van der Waals surface area contributed by atoms with Crippen LogP contribution in [-0.4, -0.2) is 50.5 Å². The Labute approximate surface area is 174 Å². The van der Waals surface area contributed by atoms with Crippen LogP contribution in [0.5, 0.6) is 11.6 Å². The third kappa shape index (κ3) is 4.71. The molecule has 3 rings (SSSR count). The van der Waals surface area contributed by atoms with E-state index < -0.39 is 17.8 Å². The lowest BCUT2D eigenvalue weighted by Crippen LogP contribution is -2.25. The number of pyridine rings is 1. The number of hydrogen-bond acceptors (Lipinski definition) is 5. The highest BCUT2D eigenvalue weighted by atomic mass is 19.4. The number of hydrogen-bond donors (Lipinski definition) is 1. The van der Waals surface area contributed by atoms with Crippen molar-refractivity contribution in [2.24, 2.45) is 0 Å². The van der Waals surface area contributed by atoms with Crippen LogP contribution in [0.25, 0.3) is 5.69 Å². The minimum Gasteiger partial charge on any atom is -0.493 e. The number of nitrogens with zero attached hydrogens (tertiary/aromatic N) is 4. The molecule has 0 saturated heterocycles. The monoisotopic (exact) mass is 436 g/mol. The summed E-state index contributed by atoms with van der Waals surface area (Å²) in [4.78, 5) is 30.4. The molecule has 2 heterocycles. The van der Waals surface area contributed by atoms with Crippen molar-refractivity contribution in [3.63, 3.8) is 0 Å². The van der Waals surface area contributed by atoms with Gasteiger partial charge in [0, 0.05) is 20.3 Å². The van der Waals surface area contributed by atoms with Gasteiger partial charge in [-0.25, -0.2) is 9.36 Å². The molecule has 1 amide bonds. The zero-order valence-corrected chi connectivity index (χ0v) is 16.8. The zero-order chi connectivity index (χ0) is 22.9. The number of carbonyl (C=O) groups is 1. The number of aromatic hydroxyl groups is 1. The molecular weight excluding hydrogens is 417 g/mol. The third-order valence-corrected chi connectivity index (χ3v) is 4.48. The third-order valence-electron chi connectivity index (χ3n) is 4.48. The molecule has 11 heteroatoms. The Morgan fingerprint density at radius 1 is 1.19 bits per heavy atom. The fourth-order valence-electron chi connectivity index (χ4n) is 2.95. The Morgan fingerprint density at radius 2 is 1.84 bits per heavy atom. The Bertz CT molecular complexity index is 1160. The first-order valence-corrected chi connectivity index (χ1v) is 9.02. The summed E-state index contributed by atoms with van der Waals surface area (Å²) in [6.45, 7) is 1.58. The van der Waals surface area contributed by atoms with Gasteiger partial charge >= 0.3 is 12.1 Å². The number of benzene rings is 1. The van der Waals surface area contributed by atoms with Crippen molar-refractivity contribution in [1.29, 1.82) is 0 Å². The second-order valence-electron chi connectivity index (χ2n) is 6.90. The van der Waals surface area contributed by atoms with E-state index in [1.54, 1.807) is 26.2 Å². The van der Waals surface area contributed by atoms with Gasteiger partial charge in [-0.15, -0.1) is 13.2 Å². The fraction of sp³-hybridized carbons (Fsp3) is 0.250.